The maximum Gasteiger partial charge on any atom is 0.0352 e. The molecule has 0 aromatic carbocycles. The van der Waals surface area contributed by atoms with Crippen molar-refractivity contribution >= 4 is 10.8 Å². The van der Waals surface area contributed by atoms with Gasteiger partial charge in [0.1, 0.15) is 0 Å². The van der Waals surface area contributed by atoms with Gasteiger partial charge in [0.25, 0.3) is 0 Å². The van der Waals surface area contributed by atoms with Crippen molar-refractivity contribution in [3.63, 3.8) is 0 Å². The van der Waals surface area contributed by atoms with Gasteiger partial charge in [-0.25, -0.2) is 0 Å². The van der Waals surface area contributed by atoms with E-state index in [9.17, 15) is 4.21 Å². The molecule has 2 atom stereocenters. The summed E-state index contributed by atoms with van der Waals surface area (Å²) in [5, 5.41) is 0.738. The van der Waals surface area contributed by atoms with E-state index in [-0.39, 0.29) is 0 Å². The first kappa shape index (κ1) is 12.2. The zero-order valence-electron chi connectivity index (χ0n) is 9.53. The van der Waals surface area contributed by atoms with E-state index in [1.807, 2.05) is 0 Å². The molecular weight excluding hydrogens is 194 g/mol. The molecule has 0 spiro atoms. The third-order valence-electron chi connectivity index (χ3n) is 3.35. The minimum Gasteiger partial charge on any atom is -0.328 e. The second-order valence-corrected chi connectivity index (χ2v) is 6.88. The molecule has 3 heteroatoms. The van der Waals surface area contributed by atoms with Gasteiger partial charge in [0.2, 0.25) is 0 Å². The van der Waals surface area contributed by atoms with E-state index in [4.69, 9.17) is 5.73 Å². The molecule has 2 unspecified atom stereocenters. The van der Waals surface area contributed by atoms with Crippen molar-refractivity contribution in [3.8, 4) is 0 Å². The molecule has 0 radical (unpaired) electrons. The van der Waals surface area contributed by atoms with E-state index >= 15 is 0 Å². The molecule has 1 saturated carbocycles. The molecule has 1 aliphatic carbocycles. The van der Waals surface area contributed by atoms with Crippen molar-refractivity contribution in [2.75, 3.05) is 0 Å². The van der Waals surface area contributed by atoms with Crippen LogP contribution in [0.25, 0.3) is 0 Å². The van der Waals surface area contributed by atoms with Gasteiger partial charge in [0, 0.05) is 27.3 Å². The molecule has 0 saturated heterocycles. The van der Waals surface area contributed by atoms with Crippen LogP contribution in [0.2, 0.25) is 0 Å². The second-order valence-electron chi connectivity index (χ2n) is 4.81. The molecule has 0 heterocycles. The van der Waals surface area contributed by atoms with Gasteiger partial charge in [-0.3, -0.25) is 4.21 Å². The quantitative estimate of drug-likeness (QED) is 0.786. The molecule has 1 aliphatic rings. The normalized spacial score (nSPS) is 32.9. The summed E-state index contributed by atoms with van der Waals surface area (Å²) in [6.07, 6.45) is 4.23. The summed E-state index contributed by atoms with van der Waals surface area (Å²) in [6.45, 7) is 6.41. The highest BCUT2D eigenvalue weighted by Gasteiger charge is 2.27. The molecule has 0 aromatic rings. The molecule has 2 nitrogen and oxygen atoms in total. The van der Waals surface area contributed by atoms with Crippen molar-refractivity contribution in [3.05, 3.63) is 0 Å². The predicted octanol–water partition coefficient (Wildman–Crippen LogP) is 2.05. The lowest BCUT2D eigenvalue weighted by atomic mass is 9.96. The van der Waals surface area contributed by atoms with Crippen LogP contribution in [0.5, 0.6) is 0 Å². The largest absolute Gasteiger partial charge is 0.328 e. The molecule has 0 aliphatic heterocycles. The van der Waals surface area contributed by atoms with Crippen LogP contribution in [0.4, 0.5) is 0 Å². The first-order valence-corrected chi connectivity index (χ1v) is 6.95. The van der Waals surface area contributed by atoms with Crippen molar-refractivity contribution in [1.29, 1.82) is 0 Å². The molecular formula is C11H23NOS. The van der Waals surface area contributed by atoms with Gasteiger partial charge in [0.15, 0.2) is 0 Å². The minimum absolute atomic E-state index is 0.328. The van der Waals surface area contributed by atoms with E-state index in [1.165, 1.54) is 0 Å². The summed E-state index contributed by atoms with van der Waals surface area (Å²) in [5.74, 6) is 0.520. The van der Waals surface area contributed by atoms with Crippen LogP contribution in [0.3, 0.4) is 0 Å². The summed E-state index contributed by atoms with van der Waals surface area (Å²) in [5.41, 5.74) is 5.83. The summed E-state index contributed by atoms with van der Waals surface area (Å²) >= 11 is 0. The van der Waals surface area contributed by atoms with E-state index in [1.54, 1.807) is 0 Å². The van der Waals surface area contributed by atoms with Gasteiger partial charge in [-0.15, -0.1) is 0 Å². The monoisotopic (exact) mass is 217 g/mol. The summed E-state index contributed by atoms with van der Waals surface area (Å²) in [6, 6.07) is 0.359. The highest BCUT2D eigenvalue weighted by molar-refractivity contribution is 7.86. The Hall–Kier alpha value is 0.110. The lowest BCUT2D eigenvalue weighted by Gasteiger charge is -2.28. The maximum atomic E-state index is 12.1. The van der Waals surface area contributed by atoms with Crippen LogP contribution < -0.4 is 5.73 Å². The molecule has 84 valence electrons. The second kappa shape index (κ2) is 5.26. The number of nitrogens with two attached hydrogens (primary N) is 1. The highest BCUT2D eigenvalue weighted by Crippen LogP contribution is 2.25. The van der Waals surface area contributed by atoms with Gasteiger partial charge in [-0.05, 0) is 31.6 Å². The molecule has 0 amide bonds. The molecule has 1 rings (SSSR count). The molecule has 0 aromatic heterocycles. The smallest absolute Gasteiger partial charge is 0.0352 e. The molecule has 2 N–H and O–H groups in total. The summed E-state index contributed by atoms with van der Waals surface area (Å²) in [7, 11) is -0.652. The minimum atomic E-state index is -0.652. The van der Waals surface area contributed by atoms with Crippen molar-refractivity contribution < 1.29 is 4.21 Å². The Bertz CT molecular complexity index is 197. The Morgan fingerprint density at radius 3 is 2.07 bits per heavy atom. The van der Waals surface area contributed by atoms with Crippen molar-refractivity contribution in [2.24, 2.45) is 11.7 Å². The van der Waals surface area contributed by atoms with Gasteiger partial charge in [-0.1, -0.05) is 20.8 Å². The lowest BCUT2D eigenvalue weighted by Crippen LogP contribution is -2.35. The van der Waals surface area contributed by atoms with Crippen LogP contribution in [0, 0.1) is 5.92 Å². The summed E-state index contributed by atoms with van der Waals surface area (Å²) < 4.78 is 12.1. The Morgan fingerprint density at radius 2 is 1.64 bits per heavy atom. The fourth-order valence-corrected chi connectivity index (χ4v) is 3.77. The van der Waals surface area contributed by atoms with Crippen LogP contribution >= 0.6 is 0 Å². The maximum absolute atomic E-state index is 12.1. The topological polar surface area (TPSA) is 43.1 Å². The lowest BCUT2D eigenvalue weighted by molar-refractivity contribution is 0.440. The van der Waals surface area contributed by atoms with E-state index in [2.05, 4.69) is 20.8 Å². The number of rotatable bonds is 3. The standard InChI is InChI=1S/C11H23NOS/c1-8(2)9(3)14(13)11-6-4-10(12)5-7-11/h8-11H,4-7,12H2,1-3H3. The SMILES string of the molecule is CC(C)C(C)S(=O)C1CCC(N)CC1. The first-order valence-electron chi connectivity index (χ1n) is 5.67. The van der Waals surface area contributed by atoms with Crippen molar-refractivity contribution in [2.45, 2.75) is 63.0 Å². The fourth-order valence-electron chi connectivity index (χ4n) is 1.89. The molecule has 1 fully saturated rings. The third-order valence-corrected chi connectivity index (χ3v) is 5.76. The van der Waals surface area contributed by atoms with Gasteiger partial charge < -0.3 is 5.73 Å². The highest BCUT2D eigenvalue weighted by atomic mass is 32.2. The van der Waals surface area contributed by atoms with Gasteiger partial charge >= 0.3 is 0 Å². The Morgan fingerprint density at radius 1 is 1.14 bits per heavy atom. The molecule has 14 heavy (non-hydrogen) atoms. The first-order chi connectivity index (χ1) is 6.52. The Balaban J connectivity index is 2.45. The summed E-state index contributed by atoms with van der Waals surface area (Å²) in [4.78, 5) is 0. The Kier molecular flexibility index (Phi) is 4.58. The fraction of sp³-hybridized carbons (Fsp3) is 1.00. The zero-order chi connectivity index (χ0) is 10.7. The van der Waals surface area contributed by atoms with E-state index in [0.29, 0.717) is 22.5 Å². The van der Waals surface area contributed by atoms with Crippen LogP contribution in [-0.2, 0) is 10.8 Å². The average molecular weight is 217 g/mol. The van der Waals surface area contributed by atoms with Crippen LogP contribution in [-0.4, -0.2) is 20.8 Å². The number of hydrogen-bond acceptors (Lipinski definition) is 2. The van der Waals surface area contributed by atoms with E-state index < -0.39 is 10.8 Å². The van der Waals surface area contributed by atoms with Crippen LogP contribution in [0.15, 0.2) is 0 Å². The molecule has 0 bridgehead atoms. The van der Waals surface area contributed by atoms with Crippen molar-refractivity contribution in [1.82, 2.24) is 0 Å². The third kappa shape index (κ3) is 3.06. The average Bonchev–Trinajstić information content (AvgIpc) is 2.16. The van der Waals surface area contributed by atoms with E-state index in [0.717, 1.165) is 25.7 Å². The van der Waals surface area contributed by atoms with Gasteiger partial charge in [0.05, 0.1) is 0 Å². The Labute approximate surface area is 90.1 Å². The van der Waals surface area contributed by atoms with Crippen LogP contribution in [0.1, 0.15) is 46.5 Å². The number of hydrogen-bond donors (Lipinski definition) is 1. The van der Waals surface area contributed by atoms with Gasteiger partial charge in [-0.2, -0.15) is 0 Å². The predicted molar refractivity (Wildman–Crippen MR) is 62.7 cm³/mol. The zero-order valence-corrected chi connectivity index (χ0v) is 10.3.